The first kappa shape index (κ1) is 15.0. The predicted octanol–water partition coefficient (Wildman–Crippen LogP) is 3.13. The van der Waals surface area contributed by atoms with E-state index in [9.17, 15) is 0 Å². The van der Waals surface area contributed by atoms with E-state index in [-0.39, 0.29) is 0 Å². The molecule has 0 saturated carbocycles. The minimum atomic E-state index is 0.456. The number of nitrogens with one attached hydrogen (secondary N) is 1. The molecule has 17 heavy (non-hydrogen) atoms. The molecule has 0 spiro atoms. The van der Waals surface area contributed by atoms with Crippen LogP contribution in [0.5, 0.6) is 0 Å². The summed E-state index contributed by atoms with van der Waals surface area (Å²) in [7, 11) is 0. The molecule has 1 fully saturated rings. The van der Waals surface area contributed by atoms with E-state index >= 15 is 0 Å². The van der Waals surface area contributed by atoms with Gasteiger partial charge in [0.2, 0.25) is 0 Å². The van der Waals surface area contributed by atoms with Gasteiger partial charge in [-0.05, 0) is 43.7 Å². The van der Waals surface area contributed by atoms with Gasteiger partial charge in [-0.25, -0.2) is 0 Å². The average Bonchev–Trinajstić information content (AvgIpc) is 2.77. The van der Waals surface area contributed by atoms with Crippen molar-refractivity contribution < 1.29 is 0 Å². The van der Waals surface area contributed by atoms with Crippen molar-refractivity contribution in [1.82, 2.24) is 10.2 Å². The zero-order chi connectivity index (χ0) is 12.7. The van der Waals surface area contributed by atoms with E-state index in [0.717, 1.165) is 12.5 Å². The van der Waals surface area contributed by atoms with E-state index in [2.05, 4.69) is 37.9 Å². The Balaban J connectivity index is 2.34. The molecule has 0 aromatic rings. The van der Waals surface area contributed by atoms with Crippen molar-refractivity contribution in [3.8, 4) is 0 Å². The van der Waals surface area contributed by atoms with Crippen molar-refractivity contribution in [3.63, 3.8) is 0 Å². The average molecular weight is 240 g/mol. The number of likely N-dealkylation sites (tertiary alicyclic amines) is 1. The van der Waals surface area contributed by atoms with Crippen LogP contribution in [0.2, 0.25) is 0 Å². The summed E-state index contributed by atoms with van der Waals surface area (Å²) in [5.41, 5.74) is 0.456. The normalized spacial score (nSPS) is 25.1. The lowest BCUT2D eigenvalue weighted by Gasteiger charge is -2.33. The highest BCUT2D eigenvalue weighted by Crippen LogP contribution is 2.26. The fourth-order valence-corrected chi connectivity index (χ4v) is 2.79. The maximum Gasteiger partial charge on any atom is 0.00475 e. The van der Waals surface area contributed by atoms with Crippen LogP contribution in [0.25, 0.3) is 0 Å². The molecule has 0 aliphatic carbocycles. The third-order valence-corrected chi connectivity index (χ3v) is 4.38. The Kier molecular flexibility index (Phi) is 6.50. The molecule has 1 aliphatic rings. The Morgan fingerprint density at radius 3 is 2.59 bits per heavy atom. The van der Waals surface area contributed by atoms with Gasteiger partial charge in [0, 0.05) is 19.6 Å². The Labute approximate surface area is 108 Å². The van der Waals surface area contributed by atoms with Crippen LogP contribution in [0.3, 0.4) is 0 Å². The summed E-state index contributed by atoms with van der Waals surface area (Å²) in [5.74, 6) is 0.958. The van der Waals surface area contributed by atoms with E-state index in [4.69, 9.17) is 0 Å². The molecule has 2 atom stereocenters. The van der Waals surface area contributed by atoms with Gasteiger partial charge in [-0.15, -0.1) is 0 Å². The van der Waals surface area contributed by atoms with Crippen molar-refractivity contribution >= 4 is 0 Å². The summed E-state index contributed by atoms with van der Waals surface area (Å²) >= 11 is 0. The second kappa shape index (κ2) is 7.38. The van der Waals surface area contributed by atoms with Gasteiger partial charge in [-0.3, -0.25) is 0 Å². The van der Waals surface area contributed by atoms with Crippen LogP contribution in [0, 0.1) is 11.3 Å². The first-order chi connectivity index (χ1) is 8.13. The second-order valence-corrected chi connectivity index (χ2v) is 6.14. The topological polar surface area (TPSA) is 15.3 Å². The Morgan fingerprint density at radius 2 is 2.06 bits per heavy atom. The monoisotopic (exact) mass is 240 g/mol. The van der Waals surface area contributed by atoms with Crippen LogP contribution >= 0.6 is 0 Å². The van der Waals surface area contributed by atoms with Crippen LogP contribution < -0.4 is 5.32 Å². The van der Waals surface area contributed by atoms with E-state index in [1.165, 1.54) is 51.9 Å². The van der Waals surface area contributed by atoms with Gasteiger partial charge >= 0.3 is 0 Å². The lowest BCUT2D eigenvalue weighted by molar-refractivity contribution is 0.175. The van der Waals surface area contributed by atoms with Crippen LogP contribution in [0.15, 0.2) is 0 Å². The first-order valence-corrected chi connectivity index (χ1v) is 7.56. The second-order valence-electron chi connectivity index (χ2n) is 6.14. The molecule has 2 unspecified atom stereocenters. The van der Waals surface area contributed by atoms with E-state index in [0.29, 0.717) is 5.41 Å². The first-order valence-electron chi connectivity index (χ1n) is 7.56. The maximum absolute atomic E-state index is 3.60. The SMILES string of the molecule is CCCNCC(C)(CC)CN1CCC(CC)C1. The standard InChI is InChI=1S/C15H32N2/c1-5-9-16-12-15(4,7-3)13-17-10-8-14(6-2)11-17/h14,16H,5-13H2,1-4H3. The van der Waals surface area contributed by atoms with Crippen molar-refractivity contribution in [2.24, 2.45) is 11.3 Å². The van der Waals surface area contributed by atoms with Gasteiger partial charge in [-0.2, -0.15) is 0 Å². The van der Waals surface area contributed by atoms with Gasteiger partial charge in [-0.1, -0.05) is 34.1 Å². The molecule has 0 bridgehead atoms. The number of nitrogens with zero attached hydrogens (tertiary/aromatic N) is 1. The molecular weight excluding hydrogens is 208 g/mol. The molecule has 0 aromatic carbocycles. The fourth-order valence-electron chi connectivity index (χ4n) is 2.79. The van der Waals surface area contributed by atoms with Gasteiger partial charge in [0.05, 0.1) is 0 Å². The Morgan fingerprint density at radius 1 is 1.29 bits per heavy atom. The highest BCUT2D eigenvalue weighted by molar-refractivity contribution is 4.83. The van der Waals surface area contributed by atoms with Gasteiger partial charge in [0.15, 0.2) is 0 Å². The van der Waals surface area contributed by atoms with Crippen molar-refractivity contribution in [2.75, 3.05) is 32.7 Å². The molecule has 2 nitrogen and oxygen atoms in total. The van der Waals surface area contributed by atoms with Crippen LogP contribution in [0.4, 0.5) is 0 Å². The van der Waals surface area contributed by atoms with Gasteiger partial charge in [0.25, 0.3) is 0 Å². The van der Waals surface area contributed by atoms with E-state index in [1.54, 1.807) is 0 Å². The number of hydrogen-bond donors (Lipinski definition) is 1. The highest BCUT2D eigenvalue weighted by Gasteiger charge is 2.29. The third-order valence-electron chi connectivity index (χ3n) is 4.38. The molecule has 1 heterocycles. The molecule has 102 valence electrons. The summed E-state index contributed by atoms with van der Waals surface area (Å²) in [6, 6.07) is 0. The minimum Gasteiger partial charge on any atom is -0.316 e. The smallest absolute Gasteiger partial charge is 0.00475 e. The quantitative estimate of drug-likeness (QED) is 0.656. The summed E-state index contributed by atoms with van der Waals surface area (Å²) in [6.07, 6.45) is 5.28. The number of rotatable bonds is 8. The van der Waals surface area contributed by atoms with Gasteiger partial charge in [0.1, 0.15) is 0 Å². The molecular formula is C15H32N2. The maximum atomic E-state index is 3.60. The Bertz CT molecular complexity index is 205. The molecule has 1 saturated heterocycles. The molecule has 0 radical (unpaired) electrons. The molecule has 1 aliphatic heterocycles. The molecule has 0 amide bonds. The Hall–Kier alpha value is -0.0800. The van der Waals surface area contributed by atoms with Crippen molar-refractivity contribution in [1.29, 1.82) is 0 Å². The predicted molar refractivity (Wildman–Crippen MR) is 76.4 cm³/mol. The zero-order valence-electron chi connectivity index (χ0n) is 12.4. The summed E-state index contributed by atoms with van der Waals surface area (Å²) in [4.78, 5) is 2.69. The van der Waals surface area contributed by atoms with Crippen LogP contribution in [0.1, 0.15) is 53.4 Å². The lowest BCUT2D eigenvalue weighted by atomic mass is 9.86. The van der Waals surface area contributed by atoms with Crippen molar-refractivity contribution in [2.45, 2.75) is 53.4 Å². The minimum absolute atomic E-state index is 0.456. The number of hydrogen-bond acceptors (Lipinski definition) is 2. The van der Waals surface area contributed by atoms with Gasteiger partial charge < -0.3 is 10.2 Å². The fraction of sp³-hybridized carbons (Fsp3) is 1.00. The molecule has 0 aromatic heterocycles. The largest absolute Gasteiger partial charge is 0.316 e. The van der Waals surface area contributed by atoms with Crippen molar-refractivity contribution in [3.05, 3.63) is 0 Å². The molecule has 1 N–H and O–H groups in total. The van der Waals surface area contributed by atoms with Crippen LogP contribution in [-0.4, -0.2) is 37.6 Å². The highest BCUT2D eigenvalue weighted by atomic mass is 15.2. The summed E-state index contributed by atoms with van der Waals surface area (Å²) < 4.78 is 0. The summed E-state index contributed by atoms with van der Waals surface area (Å²) in [5, 5.41) is 3.60. The van der Waals surface area contributed by atoms with E-state index in [1.807, 2.05) is 0 Å². The lowest BCUT2D eigenvalue weighted by Crippen LogP contribution is -2.41. The van der Waals surface area contributed by atoms with E-state index < -0.39 is 0 Å². The molecule has 2 heteroatoms. The zero-order valence-corrected chi connectivity index (χ0v) is 12.4. The third kappa shape index (κ3) is 4.97. The summed E-state index contributed by atoms with van der Waals surface area (Å²) in [6.45, 7) is 15.6. The van der Waals surface area contributed by atoms with Crippen LogP contribution in [-0.2, 0) is 0 Å². The molecule has 1 rings (SSSR count).